The van der Waals surface area contributed by atoms with Crippen LogP contribution >= 0.6 is 0 Å². The van der Waals surface area contributed by atoms with Crippen molar-refractivity contribution in [1.82, 2.24) is 0 Å². The molecule has 0 radical (unpaired) electrons. The minimum absolute atomic E-state index is 0.644. The standard InChI is InChI=1S/C10H9.C10H15.2FH.Zr/c1-8-6-9-4-2-3-5-10(9)7-8;1-6-7(2)9(4)10(5)8(6)3;;;/h2-7H,1H3;1-5H3;2*1H;/q;;;;+2/p-2. The first-order chi connectivity index (χ1) is 10.6. The first-order valence-corrected chi connectivity index (χ1v) is 12.7. The molecule has 3 rings (SSSR count). The van der Waals surface area contributed by atoms with Crippen LogP contribution < -0.4 is 0 Å². The Hall–Kier alpha value is -0.817. The summed E-state index contributed by atoms with van der Waals surface area (Å²) >= 11 is -5.59. The van der Waals surface area contributed by atoms with Crippen molar-refractivity contribution in [2.75, 3.05) is 0 Å². The second kappa shape index (κ2) is 5.34. The predicted octanol–water partition coefficient (Wildman–Crippen LogP) is 6.93. The van der Waals surface area contributed by atoms with Crippen LogP contribution in [0.3, 0.4) is 0 Å². The van der Waals surface area contributed by atoms with E-state index in [0.29, 0.717) is 0 Å². The van der Waals surface area contributed by atoms with Crippen molar-refractivity contribution in [3.8, 4) is 0 Å². The number of benzene rings is 1. The van der Waals surface area contributed by atoms with E-state index in [9.17, 15) is 0 Å². The molecule has 0 aliphatic heterocycles. The molecule has 2 aliphatic carbocycles. The molecule has 0 fully saturated rings. The number of rotatable bonds is 2. The average molecular weight is 394 g/mol. The maximum absolute atomic E-state index is 16.1. The van der Waals surface area contributed by atoms with E-state index in [1.165, 1.54) is 0 Å². The molecule has 0 bridgehead atoms. The van der Waals surface area contributed by atoms with E-state index in [-0.39, 0.29) is 0 Å². The van der Waals surface area contributed by atoms with Gasteiger partial charge in [-0.15, -0.1) is 0 Å². The summed E-state index contributed by atoms with van der Waals surface area (Å²) in [6.07, 6.45) is 1.96. The van der Waals surface area contributed by atoms with Gasteiger partial charge in [0.2, 0.25) is 0 Å². The Balaban J connectivity index is 2.19. The quantitative estimate of drug-likeness (QED) is 0.511. The van der Waals surface area contributed by atoms with Gasteiger partial charge >= 0.3 is 144 Å². The normalized spacial score (nSPS) is 23.5. The van der Waals surface area contributed by atoms with Crippen LogP contribution in [0.4, 0.5) is 5.25 Å². The third kappa shape index (κ3) is 2.08. The first kappa shape index (κ1) is 17.0. The zero-order valence-electron chi connectivity index (χ0n) is 14.7. The van der Waals surface area contributed by atoms with E-state index in [4.69, 9.17) is 0 Å². The van der Waals surface area contributed by atoms with Gasteiger partial charge in [0.25, 0.3) is 0 Å². The van der Waals surface area contributed by atoms with Crippen LogP contribution in [-0.4, -0.2) is 0 Å². The summed E-state index contributed by atoms with van der Waals surface area (Å²) in [7, 11) is 0. The minimum atomic E-state index is -5.59. The summed E-state index contributed by atoms with van der Waals surface area (Å²) in [4.78, 5) is 0. The maximum atomic E-state index is 16.1. The molecule has 1 aromatic carbocycles. The van der Waals surface area contributed by atoms with E-state index >= 15 is 5.25 Å². The van der Waals surface area contributed by atoms with Crippen molar-refractivity contribution < 1.29 is 26.7 Å². The number of halogens is 2. The third-order valence-electron chi connectivity index (χ3n) is 6.36. The zero-order valence-corrected chi connectivity index (χ0v) is 17.2. The molecule has 122 valence electrons. The number of fused-ring (bicyclic) bond motifs is 1. The van der Waals surface area contributed by atoms with Crippen molar-refractivity contribution in [3.05, 3.63) is 63.3 Å². The van der Waals surface area contributed by atoms with E-state index in [2.05, 4.69) is 0 Å². The molecular formula is C20H24F2Zr. The van der Waals surface area contributed by atoms with E-state index in [1.54, 1.807) is 0 Å². The molecule has 1 unspecified atom stereocenters. The fourth-order valence-electron chi connectivity index (χ4n) is 4.34. The van der Waals surface area contributed by atoms with Crippen molar-refractivity contribution in [3.63, 3.8) is 0 Å². The van der Waals surface area contributed by atoms with Crippen molar-refractivity contribution >= 4 is 6.08 Å². The topological polar surface area (TPSA) is 0 Å². The van der Waals surface area contributed by atoms with Gasteiger partial charge in [-0.1, -0.05) is 0 Å². The molecule has 0 heterocycles. The number of allylic oxidation sites excluding steroid dienone is 5. The fourth-order valence-corrected chi connectivity index (χ4v) is 12.4. The molecule has 0 saturated carbocycles. The molecule has 0 N–H and O–H groups in total. The summed E-state index contributed by atoms with van der Waals surface area (Å²) < 4.78 is 30.5. The predicted molar refractivity (Wildman–Crippen MR) is 90.2 cm³/mol. The molecule has 0 spiro atoms. The van der Waals surface area contributed by atoms with Crippen LogP contribution in [0, 0.1) is 0 Å². The molecule has 0 amide bonds. The molecule has 2 aliphatic rings. The SMILES string of the molecule is CC1=Cc2ccccc2[CH]1[Zr]([F])([F])[C]1(C)C(C)=C(C)C(C)=C1C. The Morgan fingerprint density at radius 2 is 1.43 bits per heavy atom. The van der Waals surface area contributed by atoms with Gasteiger partial charge < -0.3 is 0 Å². The first-order valence-electron chi connectivity index (χ1n) is 8.15. The Kier molecular flexibility index (Phi) is 3.95. The Bertz CT molecular complexity index is 757. The van der Waals surface area contributed by atoms with Crippen LogP contribution in [0.1, 0.15) is 56.3 Å². The van der Waals surface area contributed by atoms with Crippen molar-refractivity contribution in [2.45, 2.75) is 48.3 Å². The molecule has 0 saturated heterocycles. The van der Waals surface area contributed by atoms with Crippen LogP contribution in [0.5, 0.6) is 0 Å². The summed E-state index contributed by atoms with van der Waals surface area (Å²) in [5.41, 5.74) is 6.58. The molecule has 1 aromatic rings. The van der Waals surface area contributed by atoms with E-state index in [0.717, 1.165) is 39.0 Å². The van der Waals surface area contributed by atoms with E-state index < -0.39 is 28.2 Å². The molecule has 0 aromatic heterocycles. The molecule has 3 heteroatoms. The Morgan fingerprint density at radius 3 is 2.00 bits per heavy atom. The third-order valence-corrected chi connectivity index (χ3v) is 15.1. The Labute approximate surface area is 144 Å². The van der Waals surface area contributed by atoms with Crippen LogP contribution in [-0.2, 0) is 21.5 Å². The Morgan fingerprint density at radius 1 is 0.913 bits per heavy atom. The van der Waals surface area contributed by atoms with Crippen molar-refractivity contribution in [1.29, 1.82) is 0 Å². The molecule has 23 heavy (non-hydrogen) atoms. The van der Waals surface area contributed by atoms with Gasteiger partial charge in [-0.3, -0.25) is 0 Å². The van der Waals surface area contributed by atoms with Gasteiger partial charge in [0.1, 0.15) is 0 Å². The van der Waals surface area contributed by atoms with Crippen LogP contribution in [0.15, 0.2) is 52.1 Å². The second-order valence-corrected chi connectivity index (χ2v) is 14.1. The second-order valence-electron chi connectivity index (χ2n) is 7.20. The van der Waals surface area contributed by atoms with Gasteiger partial charge in [-0.25, -0.2) is 0 Å². The van der Waals surface area contributed by atoms with Gasteiger partial charge in [0.05, 0.1) is 0 Å². The molecule has 0 nitrogen and oxygen atoms in total. The number of hydrogen-bond donors (Lipinski definition) is 0. The fraction of sp³-hybridized carbons (Fsp3) is 0.400. The van der Waals surface area contributed by atoms with Gasteiger partial charge in [-0.2, -0.15) is 0 Å². The molecule has 1 atom stereocenters. The summed E-state index contributed by atoms with van der Waals surface area (Å²) in [5.74, 6) is 0. The van der Waals surface area contributed by atoms with Crippen LogP contribution in [0.25, 0.3) is 6.08 Å². The number of hydrogen-bond acceptors (Lipinski definition) is 0. The average Bonchev–Trinajstić information content (AvgIpc) is 2.92. The molecular weight excluding hydrogens is 369 g/mol. The monoisotopic (exact) mass is 392 g/mol. The van der Waals surface area contributed by atoms with E-state index in [1.807, 2.05) is 71.9 Å². The zero-order chi connectivity index (χ0) is 17.2. The van der Waals surface area contributed by atoms with Gasteiger partial charge in [-0.05, 0) is 0 Å². The van der Waals surface area contributed by atoms with Crippen molar-refractivity contribution in [2.24, 2.45) is 0 Å². The summed E-state index contributed by atoms with van der Waals surface area (Å²) in [6, 6.07) is 7.67. The van der Waals surface area contributed by atoms with Gasteiger partial charge in [0, 0.05) is 0 Å². The van der Waals surface area contributed by atoms with Crippen LogP contribution in [0.2, 0.25) is 3.12 Å². The summed E-state index contributed by atoms with van der Waals surface area (Å²) in [6.45, 7) is 11.5. The summed E-state index contributed by atoms with van der Waals surface area (Å²) in [5, 5.41) is 0. The van der Waals surface area contributed by atoms with Gasteiger partial charge in [0.15, 0.2) is 0 Å².